The summed E-state index contributed by atoms with van der Waals surface area (Å²) in [7, 11) is 0. The van der Waals surface area contributed by atoms with Crippen molar-refractivity contribution in [2.24, 2.45) is 0 Å². The molecule has 1 heterocycles. The van der Waals surface area contributed by atoms with Crippen molar-refractivity contribution in [1.29, 1.82) is 0 Å². The molecule has 0 aliphatic carbocycles. The van der Waals surface area contributed by atoms with E-state index in [2.05, 4.69) is 41.7 Å². The van der Waals surface area contributed by atoms with Crippen LogP contribution in [0.2, 0.25) is 0 Å². The van der Waals surface area contributed by atoms with Gasteiger partial charge in [-0.15, -0.1) is 12.3 Å². The highest BCUT2D eigenvalue weighted by molar-refractivity contribution is 5.61. The van der Waals surface area contributed by atoms with E-state index in [0.29, 0.717) is 6.04 Å². The van der Waals surface area contributed by atoms with Crippen LogP contribution in [0.15, 0.2) is 18.2 Å². The summed E-state index contributed by atoms with van der Waals surface area (Å²) in [5.41, 5.74) is 4.10. The Hall–Kier alpha value is -1.46. The Morgan fingerprint density at radius 3 is 3.25 bits per heavy atom. The summed E-state index contributed by atoms with van der Waals surface area (Å²) < 4.78 is 0. The Morgan fingerprint density at radius 2 is 2.44 bits per heavy atom. The second-order valence-electron chi connectivity index (χ2n) is 4.32. The third-order valence-electron chi connectivity index (χ3n) is 3.00. The lowest BCUT2D eigenvalue weighted by Crippen LogP contribution is -2.25. The van der Waals surface area contributed by atoms with E-state index in [-0.39, 0.29) is 0 Å². The van der Waals surface area contributed by atoms with Crippen LogP contribution in [0.25, 0.3) is 0 Å². The van der Waals surface area contributed by atoms with Crippen LogP contribution in [0.5, 0.6) is 0 Å². The Labute approximate surface area is 97.4 Å². The van der Waals surface area contributed by atoms with Crippen molar-refractivity contribution in [1.82, 2.24) is 5.32 Å². The molecule has 1 aromatic rings. The van der Waals surface area contributed by atoms with Crippen LogP contribution in [0.1, 0.15) is 24.5 Å². The summed E-state index contributed by atoms with van der Waals surface area (Å²) in [4.78, 5) is 0. The molecule has 0 bridgehead atoms. The van der Waals surface area contributed by atoms with Crippen molar-refractivity contribution in [3.05, 3.63) is 29.3 Å². The smallest absolute Gasteiger partial charge is 0.0419 e. The predicted molar refractivity (Wildman–Crippen MR) is 68.4 cm³/mol. The van der Waals surface area contributed by atoms with Gasteiger partial charge in [-0.2, -0.15) is 0 Å². The molecule has 84 valence electrons. The van der Waals surface area contributed by atoms with E-state index in [9.17, 15) is 0 Å². The Balaban J connectivity index is 2.00. The second-order valence-corrected chi connectivity index (χ2v) is 4.32. The molecule has 2 N–H and O–H groups in total. The topological polar surface area (TPSA) is 24.1 Å². The molecule has 0 fully saturated rings. The number of anilines is 1. The Bertz CT molecular complexity index is 404. The van der Waals surface area contributed by atoms with Crippen LogP contribution in [-0.4, -0.2) is 12.6 Å². The number of benzene rings is 1. The monoisotopic (exact) mass is 214 g/mol. The Morgan fingerprint density at radius 1 is 1.56 bits per heavy atom. The summed E-state index contributed by atoms with van der Waals surface area (Å²) in [6.45, 7) is 4.07. The van der Waals surface area contributed by atoms with E-state index in [1.165, 1.54) is 16.8 Å². The molecule has 0 radical (unpaired) electrons. The van der Waals surface area contributed by atoms with Gasteiger partial charge in [0.1, 0.15) is 0 Å². The second kappa shape index (κ2) is 5.05. The van der Waals surface area contributed by atoms with Crippen molar-refractivity contribution in [2.45, 2.75) is 32.4 Å². The molecule has 2 rings (SSSR count). The number of rotatable bonds is 4. The molecule has 0 aromatic heterocycles. The fourth-order valence-corrected chi connectivity index (χ4v) is 2.09. The zero-order chi connectivity index (χ0) is 11.4. The average Bonchev–Trinajstić information content (AvgIpc) is 2.75. The molecule has 0 saturated heterocycles. The predicted octanol–water partition coefficient (Wildman–Crippen LogP) is 2.16. The van der Waals surface area contributed by atoms with Gasteiger partial charge in [-0.25, -0.2) is 0 Å². The molecule has 0 spiro atoms. The SMILES string of the molecule is C#CCC(C)NCc1cccc2c1NCC2. The molecule has 1 aliphatic rings. The highest BCUT2D eigenvalue weighted by Gasteiger charge is 2.13. The van der Waals surface area contributed by atoms with Crippen molar-refractivity contribution in [3.8, 4) is 12.3 Å². The van der Waals surface area contributed by atoms with Crippen LogP contribution in [0.4, 0.5) is 5.69 Å². The minimum absolute atomic E-state index is 0.377. The highest BCUT2D eigenvalue weighted by Crippen LogP contribution is 2.26. The first-order valence-corrected chi connectivity index (χ1v) is 5.82. The normalized spacial score (nSPS) is 15.0. The maximum absolute atomic E-state index is 5.29. The molecule has 1 aliphatic heterocycles. The van der Waals surface area contributed by atoms with Gasteiger partial charge >= 0.3 is 0 Å². The zero-order valence-corrected chi connectivity index (χ0v) is 9.72. The summed E-state index contributed by atoms with van der Waals surface area (Å²) in [6, 6.07) is 6.88. The number of hydrogen-bond acceptors (Lipinski definition) is 2. The van der Waals surface area contributed by atoms with E-state index < -0.39 is 0 Å². The Kier molecular flexibility index (Phi) is 3.48. The molecule has 16 heavy (non-hydrogen) atoms. The summed E-state index contributed by atoms with van der Waals surface area (Å²) in [5, 5.41) is 6.89. The van der Waals surface area contributed by atoms with Gasteiger partial charge in [0.2, 0.25) is 0 Å². The van der Waals surface area contributed by atoms with Crippen LogP contribution < -0.4 is 10.6 Å². The van der Waals surface area contributed by atoms with E-state index in [1.807, 2.05) is 0 Å². The number of terminal acetylenes is 1. The van der Waals surface area contributed by atoms with Gasteiger partial charge in [-0.05, 0) is 24.5 Å². The standard InChI is InChI=1S/C14H18N2/c1-3-5-11(2)16-10-13-7-4-6-12-8-9-15-14(12)13/h1,4,6-7,11,15-16H,5,8-10H2,2H3. The largest absolute Gasteiger partial charge is 0.384 e. The van der Waals surface area contributed by atoms with Crippen molar-refractivity contribution < 1.29 is 0 Å². The highest BCUT2D eigenvalue weighted by atomic mass is 14.9. The molecule has 1 unspecified atom stereocenters. The average molecular weight is 214 g/mol. The number of hydrogen-bond donors (Lipinski definition) is 2. The first-order valence-electron chi connectivity index (χ1n) is 5.82. The van der Waals surface area contributed by atoms with Crippen LogP contribution in [0, 0.1) is 12.3 Å². The first kappa shape index (κ1) is 11.0. The van der Waals surface area contributed by atoms with E-state index >= 15 is 0 Å². The zero-order valence-electron chi connectivity index (χ0n) is 9.72. The third kappa shape index (κ3) is 2.37. The molecule has 0 saturated carbocycles. The maximum atomic E-state index is 5.29. The van der Waals surface area contributed by atoms with Gasteiger partial charge < -0.3 is 10.6 Å². The lowest BCUT2D eigenvalue weighted by molar-refractivity contribution is 0.560. The molecule has 2 nitrogen and oxygen atoms in total. The van der Waals surface area contributed by atoms with Gasteiger partial charge in [0.25, 0.3) is 0 Å². The van der Waals surface area contributed by atoms with Crippen LogP contribution >= 0.6 is 0 Å². The molecule has 1 aromatic carbocycles. The van der Waals surface area contributed by atoms with Gasteiger partial charge in [-0.3, -0.25) is 0 Å². The minimum Gasteiger partial charge on any atom is -0.384 e. The lowest BCUT2D eigenvalue weighted by atomic mass is 10.1. The molecular weight excluding hydrogens is 196 g/mol. The fourth-order valence-electron chi connectivity index (χ4n) is 2.09. The molecule has 2 heteroatoms. The van der Waals surface area contributed by atoms with E-state index in [1.54, 1.807) is 0 Å². The minimum atomic E-state index is 0.377. The van der Waals surface area contributed by atoms with Gasteiger partial charge in [0.05, 0.1) is 0 Å². The molecule has 0 amide bonds. The summed E-state index contributed by atoms with van der Waals surface area (Å²) in [6.07, 6.45) is 7.21. The lowest BCUT2D eigenvalue weighted by Gasteiger charge is -2.13. The fraction of sp³-hybridized carbons (Fsp3) is 0.429. The number of nitrogens with one attached hydrogen (secondary N) is 2. The maximum Gasteiger partial charge on any atom is 0.0419 e. The van der Waals surface area contributed by atoms with Crippen LogP contribution in [0.3, 0.4) is 0 Å². The molecule has 1 atom stereocenters. The number of fused-ring (bicyclic) bond motifs is 1. The first-order chi connectivity index (χ1) is 7.81. The van der Waals surface area contributed by atoms with E-state index in [0.717, 1.165) is 25.9 Å². The summed E-state index contributed by atoms with van der Waals surface area (Å²) >= 11 is 0. The van der Waals surface area contributed by atoms with Gasteiger partial charge in [0.15, 0.2) is 0 Å². The van der Waals surface area contributed by atoms with Crippen LogP contribution in [-0.2, 0) is 13.0 Å². The van der Waals surface area contributed by atoms with Crippen molar-refractivity contribution in [3.63, 3.8) is 0 Å². The van der Waals surface area contributed by atoms with Crippen molar-refractivity contribution >= 4 is 5.69 Å². The molecular formula is C14H18N2. The van der Waals surface area contributed by atoms with E-state index in [4.69, 9.17) is 6.42 Å². The number of para-hydroxylation sites is 1. The quantitative estimate of drug-likeness (QED) is 0.750. The van der Waals surface area contributed by atoms with Crippen molar-refractivity contribution in [2.75, 3.05) is 11.9 Å². The summed E-state index contributed by atoms with van der Waals surface area (Å²) in [5.74, 6) is 2.68. The van der Waals surface area contributed by atoms with Gasteiger partial charge in [0, 0.05) is 31.2 Å². The third-order valence-corrected chi connectivity index (χ3v) is 3.00. The van der Waals surface area contributed by atoms with Gasteiger partial charge in [-0.1, -0.05) is 18.2 Å².